The zero-order chi connectivity index (χ0) is 15.0. The molecule has 0 aliphatic rings. The Bertz CT molecular complexity index is 783. The first-order valence-corrected chi connectivity index (χ1v) is 6.16. The van der Waals surface area contributed by atoms with E-state index < -0.39 is 17.2 Å². The van der Waals surface area contributed by atoms with E-state index >= 15 is 0 Å². The highest BCUT2D eigenvalue weighted by Crippen LogP contribution is 2.24. The molecule has 0 spiro atoms. The maximum atomic E-state index is 13.5. The smallest absolute Gasteiger partial charge is 0.322 e. The molecule has 104 valence electrons. The Morgan fingerprint density at radius 1 is 1.40 bits per heavy atom. The molecule has 0 bridgehead atoms. The van der Waals surface area contributed by atoms with Crippen LogP contribution in [0.4, 0.5) is 4.39 Å². The van der Waals surface area contributed by atoms with Crippen LogP contribution in [-0.2, 0) is 0 Å². The van der Waals surface area contributed by atoms with Crippen molar-refractivity contribution in [3.63, 3.8) is 0 Å². The van der Waals surface area contributed by atoms with Gasteiger partial charge in [0.15, 0.2) is 0 Å². The predicted molar refractivity (Wildman–Crippen MR) is 73.7 cm³/mol. The van der Waals surface area contributed by atoms with Crippen LogP contribution in [0.1, 0.15) is 30.2 Å². The molecule has 20 heavy (non-hydrogen) atoms. The van der Waals surface area contributed by atoms with E-state index in [0.717, 1.165) is 6.07 Å². The Morgan fingerprint density at radius 3 is 2.60 bits per heavy atom. The third-order valence-corrected chi connectivity index (χ3v) is 3.23. The standard InChI is InChI=1S/C13H10ClFN2O3/c1-6(2)17-5-8(13(19)16-20)12(18)7-3-10(15)9(14)4-11(7)17/h3-6H,1-2H3. The molecule has 1 amide bonds. The number of carbonyl (C=O) groups is 1. The highest BCUT2D eigenvalue weighted by Gasteiger charge is 2.18. The molecule has 0 aliphatic carbocycles. The van der Waals surface area contributed by atoms with Gasteiger partial charge in [0.1, 0.15) is 11.4 Å². The lowest BCUT2D eigenvalue weighted by Gasteiger charge is -2.16. The van der Waals surface area contributed by atoms with Crippen LogP contribution in [0.2, 0.25) is 5.02 Å². The van der Waals surface area contributed by atoms with E-state index in [4.69, 9.17) is 11.6 Å². The van der Waals surface area contributed by atoms with Gasteiger partial charge in [-0.1, -0.05) is 11.6 Å². The van der Waals surface area contributed by atoms with Crippen molar-refractivity contribution in [2.45, 2.75) is 19.9 Å². The fourth-order valence-corrected chi connectivity index (χ4v) is 2.13. The van der Waals surface area contributed by atoms with Crippen molar-refractivity contribution < 1.29 is 9.18 Å². The van der Waals surface area contributed by atoms with Gasteiger partial charge in [-0.3, -0.25) is 9.59 Å². The van der Waals surface area contributed by atoms with Gasteiger partial charge in [0.2, 0.25) is 5.43 Å². The SMILES string of the molecule is CC(C)n1cc(C(=O)N=O)c(=O)c2cc(F)c(Cl)cc21. The van der Waals surface area contributed by atoms with Crippen molar-refractivity contribution >= 4 is 28.4 Å². The van der Waals surface area contributed by atoms with Gasteiger partial charge in [0.05, 0.1) is 10.5 Å². The lowest BCUT2D eigenvalue weighted by Crippen LogP contribution is -2.19. The summed E-state index contributed by atoms with van der Waals surface area (Å²) in [5, 5.41) is 2.10. The molecular weight excluding hydrogens is 287 g/mol. The highest BCUT2D eigenvalue weighted by molar-refractivity contribution is 6.31. The van der Waals surface area contributed by atoms with Crippen molar-refractivity contribution in [2.75, 3.05) is 0 Å². The third kappa shape index (κ3) is 2.22. The lowest BCUT2D eigenvalue weighted by atomic mass is 10.1. The molecule has 2 rings (SSSR count). The average Bonchev–Trinajstić information content (AvgIpc) is 2.40. The second-order valence-corrected chi connectivity index (χ2v) is 4.96. The highest BCUT2D eigenvalue weighted by atomic mass is 35.5. The lowest BCUT2D eigenvalue weighted by molar-refractivity contribution is 0.0999. The molecule has 0 saturated carbocycles. The van der Waals surface area contributed by atoms with Crippen LogP contribution in [0.15, 0.2) is 28.3 Å². The van der Waals surface area contributed by atoms with Crippen LogP contribution >= 0.6 is 11.6 Å². The minimum Gasteiger partial charge on any atom is -0.344 e. The maximum Gasteiger partial charge on any atom is 0.322 e. The monoisotopic (exact) mass is 296 g/mol. The van der Waals surface area contributed by atoms with Gasteiger partial charge in [-0.2, -0.15) is 0 Å². The number of carbonyl (C=O) groups excluding carboxylic acids is 1. The fourth-order valence-electron chi connectivity index (χ4n) is 1.97. The maximum absolute atomic E-state index is 13.5. The molecule has 0 N–H and O–H groups in total. The predicted octanol–water partition coefficient (Wildman–Crippen LogP) is 3.28. The van der Waals surface area contributed by atoms with E-state index in [0.29, 0.717) is 5.52 Å². The number of aromatic nitrogens is 1. The average molecular weight is 297 g/mol. The molecule has 7 heteroatoms. The van der Waals surface area contributed by atoms with E-state index in [1.54, 1.807) is 4.57 Å². The first-order valence-electron chi connectivity index (χ1n) is 5.78. The molecule has 0 unspecified atom stereocenters. The van der Waals surface area contributed by atoms with Crippen LogP contribution in [0, 0.1) is 10.7 Å². The van der Waals surface area contributed by atoms with Crippen LogP contribution in [-0.4, -0.2) is 10.5 Å². The Labute approximate surface area is 117 Å². The third-order valence-electron chi connectivity index (χ3n) is 2.94. The van der Waals surface area contributed by atoms with Crippen molar-refractivity contribution in [1.82, 2.24) is 4.57 Å². The van der Waals surface area contributed by atoms with E-state index in [1.807, 2.05) is 13.8 Å². The van der Waals surface area contributed by atoms with E-state index in [-0.39, 0.29) is 22.0 Å². The topological polar surface area (TPSA) is 68.5 Å². The first kappa shape index (κ1) is 14.3. The van der Waals surface area contributed by atoms with E-state index in [9.17, 15) is 18.9 Å². The number of nitroso groups, excluding NO2 is 1. The van der Waals surface area contributed by atoms with Crippen LogP contribution < -0.4 is 5.43 Å². The number of pyridine rings is 1. The van der Waals surface area contributed by atoms with Crippen molar-refractivity contribution in [3.8, 4) is 0 Å². The normalized spacial score (nSPS) is 11.1. The van der Waals surface area contributed by atoms with Gasteiger partial charge in [-0.25, -0.2) is 4.39 Å². The number of rotatable bonds is 2. The zero-order valence-electron chi connectivity index (χ0n) is 10.7. The van der Waals surface area contributed by atoms with Gasteiger partial charge in [-0.05, 0) is 26.0 Å². The summed E-state index contributed by atoms with van der Waals surface area (Å²) in [5.41, 5.74) is -0.737. The largest absolute Gasteiger partial charge is 0.344 e. The van der Waals surface area contributed by atoms with E-state index in [1.165, 1.54) is 12.3 Å². The minimum absolute atomic E-state index is 0.0184. The number of benzene rings is 1. The number of halogens is 2. The molecule has 1 heterocycles. The summed E-state index contributed by atoms with van der Waals surface area (Å²) in [6, 6.07) is 2.15. The van der Waals surface area contributed by atoms with Crippen LogP contribution in [0.5, 0.6) is 0 Å². The number of fused-ring (bicyclic) bond motifs is 1. The quantitative estimate of drug-likeness (QED) is 0.799. The van der Waals surface area contributed by atoms with Gasteiger partial charge >= 0.3 is 5.91 Å². The molecule has 2 aromatic rings. The Morgan fingerprint density at radius 2 is 2.05 bits per heavy atom. The summed E-state index contributed by atoms with van der Waals surface area (Å²) in [4.78, 5) is 33.9. The Hall–Kier alpha value is -2.08. The second-order valence-electron chi connectivity index (χ2n) is 4.55. The zero-order valence-corrected chi connectivity index (χ0v) is 11.4. The number of hydrogen-bond donors (Lipinski definition) is 0. The molecule has 1 aromatic carbocycles. The van der Waals surface area contributed by atoms with Crippen LogP contribution in [0.25, 0.3) is 10.9 Å². The molecule has 0 atom stereocenters. The minimum atomic E-state index is -1.18. The summed E-state index contributed by atoms with van der Waals surface area (Å²) >= 11 is 5.72. The summed E-state index contributed by atoms with van der Waals surface area (Å²) < 4.78 is 15.1. The summed E-state index contributed by atoms with van der Waals surface area (Å²) in [6.07, 6.45) is 1.24. The Kier molecular flexibility index (Phi) is 3.67. The van der Waals surface area contributed by atoms with Gasteiger partial charge in [-0.15, -0.1) is 4.91 Å². The van der Waals surface area contributed by atoms with Crippen LogP contribution in [0.3, 0.4) is 0 Å². The number of hydrogen-bond acceptors (Lipinski definition) is 3. The second kappa shape index (κ2) is 5.13. The molecular formula is C13H10ClFN2O3. The number of amides is 1. The van der Waals surface area contributed by atoms with E-state index in [2.05, 4.69) is 5.18 Å². The van der Waals surface area contributed by atoms with Gasteiger partial charge in [0, 0.05) is 22.8 Å². The Balaban J connectivity index is 2.99. The summed E-state index contributed by atoms with van der Waals surface area (Å²) in [7, 11) is 0. The summed E-state index contributed by atoms with van der Waals surface area (Å²) in [6.45, 7) is 3.62. The molecule has 0 aliphatic heterocycles. The fraction of sp³-hybridized carbons (Fsp3) is 0.231. The summed E-state index contributed by atoms with van der Waals surface area (Å²) in [5.74, 6) is -1.95. The van der Waals surface area contributed by atoms with Gasteiger partial charge in [0.25, 0.3) is 0 Å². The number of nitrogens with zero attached hydrogens (tertiary/aromatic N) is 2. The molecule has 0 radical (unpaired) electrons. The van der Waals surface area contributed by atoms with Crippen molar-refractivity contribution in [1.29, 1.82) is 0 Å². The molecule has 0 fully saturated rings. The molecule has 5 nitrogen and oxygen atoms in total. The molecule has 0 saturated heterocycles. The van der Waals surface area contributed by atoms with Crippen molar-refractivity contribution in [2.24, 2.45) is 5.18 Å². The van der Waals surface area contributed by atoms with Crippen molar-refractivity contribution in [3.05, 3.63) is 49.9 Å². The molecule has 1 aromatic heterocycles. The first-order chi connectivity index (χ1) is 9.36. The van der Waals surface area contributed by atoms with Gasteiger partial charge < -0.3 is 4.57 Å².